The van der Waals surface area contributed by atoms with E-state index in [1.807, 2.05) is 27.7 Å². The van der Waals surface area contributed by atoms with Crippen LogP contribution < -0.4 is 10.6 Å². The summed E-state index contributed by atoms with van der Waals surface area (Å²) < 4.78 is 11.3. The second-order valence-electron chi connectivity index (χ2n) is 7.79. The minimum absolute atomic E-state index is 0.442. The normalized spacial score (nSPS) is 16.4. The Bertz CT molecular complexity index is 778. The second-order valence-corrected chi connectivity index (χ2v) is 7.79. The number of hydrogen-bond donors (Lipinski definition) is 2. The highest BCUT2D eigenvalue weighted by Crippen LogP contribution is 2.19. The van der Waals surface area contributed by atoms with Crippen LogP contribution in [0.2, 0.25) is 0 Å². The number of hydrogen-bond acceptors (Lipinski definition) is 6. The summed E-state index contributed by atoms with van der Waals surface area (Å²) >= 11 is 0. The van der Waals surface area contributed by atoms with Crippen molar-refractivity contribution in [2.75, 3.05) is 26.2 Å². The highest BCUT2D eigenvalue weighted by atomic mass is 16.4. The summed E-state index contributed by atoms with van der Waals surface area (Å²) in [5, 5.41) is 6.78. The molecule has 29 heavy (non-hydrogen) atoms. The molecule has 8 heteroatoms. The maximum absolute atomic E-state index is 5.72. The molecule has 3 heterocycles. The Morgan fingerprint density at radius 1 is 1.00 bits per heavy atom. The number of guanidine groups is 1. The summed E-state index contributed by atoms with van der Waals surface area (Å²) in [6, 6.07) is 0. The molecule has 0 radical (unpaired) electrons. The highest BCUT2D eigenvalue weighted by Gasteiger charge is 2.21. The largest absolute Gasteiger partial charge is 0.444 e. The van der Waals surface area contributed by atoms with Crippen molar-refractivity contribution in [3.8, 4) is 0 Å². The molecule has 0 atom stereocenters. The zero-order valence-corrected chi connectivity index (χ0v) is 18.3. The van der Waals surface area contributed by atoms with Gasteiger partial charge in [0.05, 0.1) is 17.9 Å². The van der Waals surface area contributed by atoms with Crippen LogP contribution in [0.5, 0.6) is 0 Å². The Morgan fingerprint density at radius 2 is 1.62 bits per heavy atom. The van der Waals surface area contributed by atoms with E-state index in [-0.39, 0.29) is 0 Å². The van der Waals surface area contributed by atoms with E-state index in [1.54, 1.807) is 0 Å². The summed E-state index contributed by atoms with van der Waals surface area (Å²) in [5.41, 5.74) is 1.92. The van der Waals surface area contributed by atoms with Crippen LogP contribution in [0.25, 0.3) is 0 Å². The number of oxazole rings is 2. The Kier molecular flexibility index (Phi) is 7.30. The van der Waals surface area contributed by atoms with Crippen LogP contribution in [0.1, 0.15) is 54.5 Å². The first-order valence-corrected chi connectivity index (χ1v) is 10.5. The van der Waals surface area contributed by atoms with E-state index in [1.165, 1.54) is 0 Å². The SMILES string of the molecule is CCNC(=NCc1nc(C)c(C)o1)NCC1CCN(Cc2nc(C)c(C)o2)CC1. The molecule has 2 N–H and O–H groups in total. The van der Waals surface area contributed by atoms with Crippen LogP contribution in [-0.4, -0.2) is 47.0 Å². The van der Waals surface area contributed by atoms with Crippen molar-refractivity contribution in [1.29, 1.82) is 0 Å². The summed E-state index contributed by atoms with van der Waals surface area (Å²) in [6.45, 7) is 15.0. The van der Waals surface area contributed by atoms with Crippen molar-refractivity contribution in [3.63, 3.8) is 0 Å². The van der Waals surface area contributed by atoms with Crippen LogP contribution in [-0.2, 0) is 13.1 Å². The minimum Gasteiger partial charge on any atom is -0.444 e. The van der Waals surface area contributed by atoms with Gasteiger partial charge in [-0.3, -0.25) is 4.90 Å². The van der Waals surface area contributed by atoms with Crippen molar-refractivity contribution >= 4 is 5.96 Å². The fourth-order valence-corrected chi connectivity index (χ4v) is 3.48. The van der Waals surface area contributed by atoms with E-state index in [0.717, 1.165) is 80.3 Å². The molecule has 1 saturated heterocycles. The van der Waals surface area contributed by atoms with Gasteiger partial charge in [0, 0.05) is 13.1 Å². The van der Waals surface area contributed by atoms with Gasteiger partial charge in [0.2, 0.25) is 11.8 Å². The molecule has 1 fully saturated rings. The number of nitrogens with one attached hydrogen (secondary N) is 2. The van der Waals surface area contributed by atoms with E-state index in [9.17, 15) is 0 Å². The van der Waals surface area contributed by atoms with E-state index in [2.05, 4.69) is 37.4 Å². The van der Waals surface area contributed by atoms with Crippen LogP contribution in [0.4, 0.5) is 0 Å². The van der Waals surface area contributed by atoms with Gasteiger partial charge >= 0.3 is 0 Å². The number of piperidine rings is 1. The average Bonchev–Trinajstić information content (AvgIpc) is 3.19. The molecule has 0 saturated carbocycles. The lowest BCUT2D eigenvalue weighted by Gasteiger charge is -2.31. The van der Waals surface area contributed by atoms with Gasteiger partial charge in [-0.1, -0.05) is 0 Å². The molecule has 0 bridgehead atoms. The lowest BCUT2D eigenvalue weighted by molar-refractivity contribution is 0.164. The van der Waals surface area contributed by atoms with Gasteiger partial charge in [0.25, 0.3) is 0 Å². The first kappa shape index (κ1) is 21.4. The van der Waals surface area contributed by atoms with E-state index < -0.39 is 0 Å². The quantitative estimate of drug-likeness (QED) is 0.543. The molecule has 2 aromatic heterocycles. The fraction of sp³-hybridized carbons (Fsp3) is 0.667. The molecule has 160 valence electrons. The zero-order valence-electron chi connectivity index (χ0n) is 18.3. The zero-order chi connectivity index (χ0) is 20.8. The van der Waals surface area contributed by atoms with Gasteiger partial charge < -0.3 is 19.5 Å². The van der Waals surface area contributed by atoms with Crippen LogP contribution in [0.3, 0.4) is 0 Å². The molecule has 1 aliphatic rings. The van der Waals surface area contributed by atoms with Crippen molar-refractivity contribution < 1.29 is 8.83 Å². The predicted octanol–water partition coefficient (Wildman–Crippen LogP) is 2.86. The summed E-state index contributed by atoms with van der Waals surface area (Å²) in [4.78, 5) is 15.9. The van der Waals surface area contributed by atoms with Gasteiger partial charge in [0.15, 0.2) is 5.96 Å². The Labute approximate surface area is 173 Å². The first-order valence-electron chi connectivity index (χ1n) is 10.5. The van der Waals surface area contributed by atoms with Gasteiger partial charge in [-0.05, 0) is 66.5 Å². The number of likely N-dealkylation sites (tertiary alicyclic amines) is 1. The third kappa shape index (κ3) is 6.06. The van der Waals surface area contributed by atoms with Crippen molar-refractivity contribution in [3.05, 3.63) is 34.7 Å². The second kappa shape index (κ2) is 9.91. The summed E-state index contributed by atoms with van der Waals surface area (Å²) in [5.74, 6) is 4.71. The predicted molar refractivity (Wildman–Crippen MR) is 113 cm³/mol. The lowest BCUT2D eigenvalue weighted by atomic mass is 9.97. The summed E-state index contributed by atoms with van der Waals surface area (Å²) in [6.07, 6.45) is 2.31. The minimum atomic E-state index is 0.442. The average molecular weight is 403 g/mol. The first-order chi connectivity index (χ1) is 13.9. The number of nitrogens with zero attached hydrogens (tertiary/aromatic N) is 4. The maximum Gasteiger partial charge on any atom is 0.216 e. The molecule has 3 rings (SSSR count). The van der Waals surface area contributed by atoms with E-state index >= 15 is 0 Å². The highest BCUT2D eigenvalue weighted by molar-refractivity contribution is 5.79. The third-order valence-electron chi connectivity index (χ3n) is 5.49. The third-order valence-corrected chi connectivity index (χ3v) is 5.49. The Hall–Kier alpha value is -2.35. The molecule has 0 spiro atoms. The van der Waals surface area contributed by atoms with Crippen LogP contribution >= 0.6 is 0 Å². The van der Waals surface area contributed by atoms with Gasteiger partial charge in [-0.25, -0.2) is 15.0 Å². The van der Waals surface area contributed by atoms with Crippen LogP contribution in [0.15, 0.2) is 13.8 Å². The summed E-state index contributed by atoms with van der Waals surface area (Å²) in [7, 11) is 0. The smallest absolute Gasteiger partial charge is 0.216 e. The Morgan fingerprint density at radius 3 is 2.17 bits per heavy atom. The number of aryl methyl sites for hydroxylation is 4. The topological polar surface area (TPSA) is 91.7 Å². The molecule has 0 amide bonds. The maximum atomic E-state index is 5.72. The lowest BCUT2D eigenvalue weighted by Crippen LogP contribution is -2.42. The molecule has 0 aromatic carbocycles. The Balaban J connectivity index is 1.43. The van der Waals surface area contributed by atoms with Crippen molar-refractivity contribution in [2.45, 2.75) is 60.5 Å². The van der Waals surface area contributed by atoms with Gasteiger partial charge in [0.1, 0.15) is 18.1 Å². The fourth-order valence-electron chi connectivity index (χ4n) is 3.48. The molecule has 2 aromatic rings. The van der Waals surface area contributed by atoms with Crippen LogP contribution in [0, 0.1) is 33.6 Å². The molecular weight excluding hydrogens is 368 g/mol. The van der Waals surface area contributed by atoms with E-state index in [0.29, 0.717) is 18.4 Å². The molecule has 1 aliphatic heterocycles. The molecular formula is C21H34N6O2. The van der Waals surface area contributed by atoms with Gasteiger partial charge in [-0.2, -0.15) is 0 Å². The van der Waals surface area contributed by atoms with Gasteiger partial charge in [-0.15, -0.1) is 0 Å². The van der Waals surface area contributed by atoms with E-state index in [4.69, 9.17) is 8.83 Å². The number of aliphatic imine (C=N–C) groups is 1. The van der Waals surface area contributed by atoms with Crippen molar-refractivity contribution in [1.82, 2.24) is 25.5 Å². The molecule has 8 nitrogen and oxygen atoms in total. The molecule has 0 unspecified atom stereocenters. The number of rotatable bonds is 7. The molecule has 0 aliphatic carbocycles. The number of aromatic nitrogens is 2. The van der Waals surface area contributed by atoms with Crippen molar-refractivity contribution in [2.24, 2.45) is 10.9 Å². The monoisotopic (exact) mass is 402 g/mol. The standard InChI is InChI=1S/C21H34N6O2/c1-6-22-21(24-12-19-25-14(2)16(4)28-19)23-11-18-7-9-27(10-8-18)13-20-26-15(3)17(5)29-20/h18H,6-13H2,1-5H3,(H2,22,23,24).